The summed E-state index contributed by atoms with van der Waals surface area (Å²) in [7, 11) is 3.90. The smallest absolute Gasteiger partial charge is 0.287 e. The van der Waals surface area contributed by atoms with Crippen molar-refractivity contribution in [2.24, 2.45) is 0 Å². The molecule has 118 valence electrons. The van der Waals surface area contributed by atoms with Gasteiger partial charge in [0, 0.05) is 19.7 Å². The molecule has 1 aliphatic rings. The van der Waals surface area contributed by atoms with Crippen molar-refractivity contribution in [1.82, 2.24) is 14.7 Å². The Morgan fingerprint density at radius 2 is 2.33 bits per heavy atom. The van der Waals surface area contributed by atoms with Gasteiger partial charge in [-0.15, -0.1) is 0 Å². The van der Waals surface area contributed by atoms with Gasteiger partial charge in [-0.25, -0.2) is 4.68 Å². The van der Waals surface area contributed by atoms with Crippen LogP contribution < -0.4 is 10.9 Å². The number of anilines is 1. The van der Waals surface area contributed by atoms with Crippen molar-refractivity contribution in [3.8, 4) is 0 Å². The number of aromatic nitrogens is 2. The summed E-state index contributed by atoms with van der Waals surface area (Å²) in [6.07, 6.45) is 3.68. The number of hydrogen-bond donors (Lipinski definition) is 1. The Labute approximate surface area is 130 Å². The van der Waals surface area contributed by atoms with Crippen LogP contribution in [-0.2, 0) is 11.3 Å². The van der Waals surface area contributed by atoms with E-state index in [0.29, 0.717) is 18.8 Å². The predicted molar refractivity (Wildman–Crippen MR) is 84.1 cm³/mol. The summed E-state index contributed by atoms with van der Waals surface area (Å²) < 4.78 is 7.10. The van der Waals surface area contributed by atoms with Crippen LogP contribution in [0.2, 0.25) is 5.02 Å². The van der Waals surface area contributed by atoms with Crippen molar-refractivity contribution in [1.29, 1.82) is 0 Å². The zero-order valence-corrected chi connectivity index (χ0v) is 13.6. The van der Waals surface area contributed by atoms with E-state index in [1.807, 2.05) is 19.0 Å². The largest absolute Gasteiger partial charge is 0.379 e. The van der Waals surface area contributed by atoms with Crippen LogP contribution in [0, 0.1) is 0 Å². The van der Waals surface area contributed by atoms with Gasteiger partial charge < -0.3 is 15.0 Å². The number of ether oxygens (including phenoxy) is 1. The molecule has 1 aromatic heterocycles. The molecule has 1 fully saturated rings. The molecule has 7 heteroatoms. The van der Waals surface area contributed by atoms with E-state index in [4.69, 9.17) is 16.3 Å². The van der Waals surface area contributed by atoms with Crippen molar-refractivity contribution in [2.45, 2.75) is 31.9 Å². The highest BCUT2D eigenvalue weighted by Gasteiger charge is 2.29. The fraction of sp³-hybridized carbons (Fsp3) is 0.714. The fourth-order valence-electron chi connectivity index (χ4n) is 2.30. The highest BCUT2D eigenvalue weighted by atomic mass is 35.5. The molecule has 1 aliphatic heterocycles. The summed E-state index contributed by atoms with van der Waals surface area (Å²) in [4.78, 5) is 14.1. The maximum Gasteiger partial charge on any atom is 0.287 e. The molecule has 21 heavy (non-hydrogen) atoms. The molecule has 0 bridgehead atoms. The van der Waals surface area contributed by atoms with Gasteiger partial charge in [0.05, 0.1) is 24.0 Å². The number of rotatable bonds is 6. The lowest BCUT2D eigenvalue weighted by Crippen LogP contribution is -2.34. The zero-order chi connectivity index (χ0) is 15.5. The molecule has 6 nitrogen and oxygen atoms in total. The first-order valence-electron chi connectivity index (χ1n) is 7.19. The molecule has 0 saturated carbocycles. The second-order valence-corrected chi connectivity index (χ2v) is 6.34. The Balaban J connectivity index is 2.04. The minimum atomic E-state index is -0.263. The Bertz CT molecular complexity index is 538. The molecule has 1 saturated heterocycles. The molecule has 2 rings (SSSR count). The van der Waals surface area contributed by atoms with E-state index in [9.17, 15) is 4.79 Å². The number of likely N-dealkylation sites (N-methyl/N-ethyl adjacent to an activating group) is 1. The average molecular weight is 315 g/mol. The maximum atomic E-state index is 12.2. The monoisotopic (exact) mass is 314 g/mol. The van der Waals surface area contributed by atoms with Gasteiger partial charge in [-0.05, 0) is 33.9 Å². The highest BCUT2D eigenvalue weighted by Crippen LogP contribution is 2.26. The molecule has 0 amide bonds. The molecular formula is C14H23ClN4O2. The lowest BCUT2D eigenvalue weighted by Gasteiger charge is -2.24. The van der Waals surface area contributed by atoms with Crippen molar-refractivity contribution in [3.63, 3.8) is 0 Å². The van der Waals surface area contributed by atoms with Crippen LogP contribution in [0.25, 0.3) is 0 Å². The Morgan fingerprint density at radius 1 is 1.57 bits per heavy atom. The third kappa shape index (κ3) is 4.18. The highest BCUT2D eigenvalue weighted by molar-refractivity contribution is 6.32. The van der Waals surface area contributed by atoms with Gasteiger partial charge in [0.25, 0.3) is 5.56 Å². The van der Waals surface area contributed by atoms with Crippen LogP contribution in [0.4, 0.5) is 5.69 Å². The Kier molecular flexibility index (Phi) is 5.24. The normalized spacial score (nSPS) is 22.0. The van der Waals surface area contributed by atoms with Crippen LogP contribution in [0.15, 0.2) is 11.0 Å². The predicted octanol–water partition coefficient (Wildman–Crippen LogP) is 1.44. The van der Waals surface area contributed by atoms with Gasteiger partial charge in [-0.3, -0.25) is 4.79 Å². The first kappa shape index (κ1) is 16.3. The first-order chi connectivity index (χ1) is 9.91. The molecule has 0 radical (unpaired) electrons. The summed E-state index contributed by atoms with van der Waals surface area (Å²) in [6.45, 7) is 4.73. The Hall–Kier alpha value is -1.11. The molecule has 0 aliphatic carbocycles. The second kappa shape index (κ2) is 6.77. The maximum absolute atomic E-state index is 12.2. The van der Waals surface area contributed by atoms with Crippen LogP contribution in [-0.4, -0.2) is 54.1 Å². The standard InChI is InChI=1S/C14H23ClN4O2/c1-14(5-4-8-21-14)10-16-11-9-17-19(7-6-18(2)3)13(20)12(11)15/h9,16H,4-8,10H2,1-3H3. The number of nitrogens with zero attached hydrogens (tertiary/aromatic N) is 3. The molecule has 0 spiro atoms. The Morgan fingerprint density at radius 3 is 2.95 bits per heavy atom. The third-order valence-corrected chi connectivity index (χ3v) is 4.06. The van der Waals surface area contributed by atoms with E-state index >= 15 is 0 Å². The molecule has 1 aromatic rings. The molecule has 2 heterocycles. The van der Waals surface area contributed by atoms with E-state index < -0.39 is 0 Å². The van der Waals surface area contributed by atoms with Crippen molar-refractivity contribution in [3.05, 3.63) is 21.6 Å². The van der Waals surface area contributed by atoms with Crippen molar-refractivity contribution < 1.29 is 4.74 Å². The van der Waals surface area contributed by atoms with Gasteiger partial charge >= 0.3 is 0 Å². The molecule has 0 aromatic carbocycles. The molecule has 1 N–H and O–H groups in total. The number of halogens is 1. The lowest BCUT2D eigenvalue weighted by atomic mass is 10.0. The van der Waals surface area contributed by atoms with Gasteiger partial charge in [-0.1, -0.05) is 11.6 Å². The van der Waals surface area contributed by atoms with Gasteiger partial charge in [0.15, 0.2) is 0 Å². The van der Waals surface area contributed by atoms with Gasteiger partial charge in [0.1, 0.15) is 5.02 Å². The lowest BCUT2D eigenvalue weighted by molar-refractivity contribution is 0.0315. The number of hydrogen-bond acceptors (Lipinski definition) is 5. The van der Waals surface area contributed by atoms with Crippen LogP contribution >= 0.6 is 11.6 Å². The average Bonchev–Trinajstić information content (AvgIpc) is 2.86. The van der Waals surface area contributed by atoms with Crippen LogP contribution in [0.1, 0.15) is 19.8 Å². The number of nitrogens with one attached hydrogen (secondary N) is 1. The summed E-state index contributed by atoms with van der Waals surface area (Å²) in [5.41, 5.74) is 0.115. The van der Waals surface area contributed by atoms with Gasteiger partial charge in [0.2, 0.25) is 0 Å². The van der Waals surface area contributed by atoms with E-state index in [0.717, 1.165) is 26.0 Å². The van der Waals surface area contributed by atoms with E-state index in [1.54, 1.807) is 6.20 Å². The fourth-order valence-corrected chi connectivity index (χ4v) is 2.51. The summed E-state index contributed by atoms with van der Waals surface area (Å²) in [5.74, 6) is 0. The first-order valence-corrected chi connectivity index (χ1v) is 7.57. The van der Waals surface area contributed by atoms with Crippen molar-refractivity contribution in [2.75, 3.05) is 39.1 Å². The minimum Gasteiger partial charge on any atom is -0.379 e. The zero-order valence-electron chi connectivity index (χ0n) is 12.9. The minimum absolute atomic E-state index is 0.186. The van der Waals surface area contributed by atoms with Crippen LogP contribution in [0.3, 0.4) is 0 Å². The quantitative estimate of drug-likeness (QED) is 0.861. The summed E-state index contributed by atoms with van der Waals surface area (Å²) in [6, 6.07) is 0. The SMILES string of the molecule is CN(C)CCn1ncc(NCC2(C)CCCO2)c(Cl)c1=O. The molecular weight excluding hydrogens is 292 g/mol. The van der Waals surface area contributed by atoms with E-state index in [-0.39, 0.29) is 16.2 Å². The van der Waals surface area contributed by atoms with Gasteiger partial charge in [-0.2, -0.15) is 5.10 Å². The van der Waals surface area contributed by atoms with Crippen molar-refractivity contribution >= 4 is 17.3 Å². The second-order valence-electron chi connectivity index (χ2n) is 5.96. The molecule has 1 unspecified atom stereocenters. The summed E-state index contributed by atoms with van der Waals surface area (Å²) >= 11 is 6.15. The third-order valence-electron chi connectivity index (χ3n) is 3.70. The summed E-state index contributed by atoms with van der Waals surface area (Å²) in [5, 5.41) is 7.54. The van der Waals surface area contributed by atoms with E-state index in [1.165, 1.54) is 4.68 Å². The van der Waals surface area contributed by atoms with Crippen LogP contribution in [0.5, 0.6) is 0 Å². The topological polar surface area (TPSA) is 59.4 Å². The molecule has 1 atom stereocenters. The van der Waals surface area contributed by atoms with E-state index in [2.05, 4.69) is 17.3 Å².